The van der Waals surface area contributed by atoms with Gasteiger partial charge in [0.05, 0.1) is 0 Å². The maximum absolute atomic E-state index is 9.43. The normalized spacial score (nSPS) is 5.67. The number of rotatable bonds is 1. The second-order valence-electron chi connectivity index (χ2n) is 1.07. The Morgan fingerprint density at radius 2 is 1.67 bits per heavy atom. The van der Waals surface area contributed by atoms with Crippen molar-refractivity contribution in [2.45, 2.75) is 0 Å². The number of hydrogen-bond donors (Lipinski definition) is 0. The summed E-state index contributed by atoms with van der Waals surface area (Å²) in [6.45, 7) is 0. The van der Waals surface area contributed by atoms with Gasteiger partial charge >= 0.3 is 23.9 Å². The van der Waals surface area contributed by atoms with Gasteiger partial charge in [-0.25, -0.2) is 0 Å². The third-order valence-corrected chi connectivity index (χ3v) is 0.211. The molecule has 0 aromatic carbocycles. The third-order valence-electron chi connectivity index (χ3n) is 0.211. The fourth-order valence-electron chi connectivity index (χ4n) is 0. The zero-order chi connectivity index (χ0) is 4.28. The van der Waals surface area contributed by atoms with Crippen LogP contribution < -0.4 is 0 Å². The molecule has 2 nitrogen and oxygen atoms in total. The van der Waals surface area contributed by atoms with Gasteiger partial charge in [-0.05, 0) is 0 Å². The summed E-state index contributed by atoms with van der Waals surface area (Å²) in [5.74, 6) is 0. The van der Waals surface area contributed by atoms with Gasteiger partial charge in [0.25, 0.3) is 0 Å². The molecular weight excluding hydrogens is 185 g/mol. The maximum atomic E-state index is 9.43. The van der Waals surface area contributed by atoms with Gasteiger partial charge in [-0.2, -0.15) is 0 Å². The van der Waals surface area contributed by atoms with Crippen molar-refractivity contribution >= 4 is 30.3 Å². The first-order valence-electron chi connectivity index (χ1n) is 1.39. The number of carbonyl (C=O) groups excluding carboxylic acids is 1. The topological polar surface area (TPSA) is 20.3 Å². The van der Waals surface area contributed by atoms with Crippen molar-refractivity contribution in [2.75, 3.05) is 14.1 Å². The second-order valence-corrected chi connectivity index (χ2v) is 1.07. The van der Waals surface area contributed by atoms with Gasteiger partial charge < -0.3 is 4.90 Å². The summed E-state index contributed by atoms with van der Waals surface area (Å²) in [6, 6.07) is 0. The Balaban J connectivity index is 0. The molecule has 0 rings (SSSR count). The van der Waals surface area contributed by atoms with Crippen LogP contribution >= 0.6 is 0 Å². The van der Waals surface area contributed by atoms with Crippen LogP contribution in [-0.4, -0.2) is 49.3 Å². The Bertz CT molecular complexity index is 37.8. The summed E-state index contributed by atoms with van der Waals surface area (Å²) in [5, 5.41) is 0. The molecule has 2 radical (unpaired) electrons. The molecule has 0 saturated carbocycles. The van der Waals surface area contributed by atoms with E-state index in [-0.39, 0.29) is 23.9 Å². The van der Waals surface area contributed by atoms with Crippen LogP contribution in [0.5, 0.6) is 0 Å². The van der Waals surface area contributed by atoms with E-state index in [1.54, 1.807) is 14.1 Å². The molecule has 0 aliphatic rings. The molecule has 36 valence electrons. The molecule has 6 heavy (non-hydrogen) atoms. The summed E-state index contributed by atoms with van der Waals surface area (Å²) in [6.07, 6.45) is 0.750. The molecular formula is C3H9NOSn. The van der Waals surface area contributed by atoms with E-state index in [0.29, 0.717) is 0 Å². The van der Waals surface area contributed by atoms with Crippen LogP contribution in [0.3, 0.4) is 0 Å². The zero-order valence-electron chi connectivity index (χ0n) is 4.14. The fraction of sp³-hybridized carbons (Fsp3) is 0.667. The predicted octanol–water partition coefficient (Wildman–Crippen LogP) is -1.21. The molecule has 0 aliphatic heterocycles. The first kappa shape index (κ1) is 9.55. The van der Waals surface area contributed by atoms with Crippen molar-refractivity contribution in [3.63, 3.8) is 0 Å². The van der Waals surface area contributed by atoms with E-state index < -0.39 is 0 Å². The molecule has 0 aromatic heterocycles. The molecule has 0 unspecified atom stereocenters. The minimum absolute atomic E-state index is 0. The molecule has 0 aromatic rings. The van der Waals surface area contributed by atoms with Crippen LogP contribution in [0.4, 0.5) is 0 Å². The Kier molecular flexibility index (Phi) is 8.39. The number of amides is 1. The predicted molar refractivity (Wildman–Crippen MR) is 28.3 cm³/mol. The van der Waals surface area contributed by atoms with Crippen LogP contribution in [0.15, 0.2) is 0 Å². The number of carbonyl (C=O) groups is 1. The molecule has 0 aliphatic carbocycles. The van der Waals surface area contributed by atoms with E-state index in [4.69, 9.17) is 0 Å². The van der Waals surface area contributed by atoms with Gasteiger partial charge in [0, 0.05) is 14.1 Å². The summed E-state index contributed by atoms with van der Waals surface area (Å²) in [4.78, 5) is 10.9. The Labute approximate surface area is 54.5 Å². The third kappa shape index (κ3) is 8.86. The molecule has 3 heteroatoms. The number of hydrogen-bond acceptors (Lipinski definition) is 1. The van der Waals surface area contributed by atoms with E-state index in [1.165, 1.54) is 4.90 Å². The Hall–Kier alpha value is 0.269. The first-order valence-corrected chi connectivity index (χ1v) is 1.39. The van der Waals surface area contributed by atoms with E-state index in [1.807, 2.05) is 0 Å². The summed E-state index contributed by atoms with van der Waals surface area (Å²) >= 11 is 0. The van der Waals surface area contributed by atoms with Crippen molar-refractivity contribution in [3.8, 4) is 0 Å². The summed E-state index contributed by atoms with van der Waals surface area (Å²) in [5.41, 5.74) is 0. The van der Waals surface area contributed by atoms with Gasteiger partial charge in [0.1, 0.15) is 0 Å². The molecule has 0 atom stereocenters. The van der Waals surface area contributed by atoms with Crippen LogP contribution in [0.25, 0.3) is 0 Å². The Morgan fingerprint density at radius 1 is 1.50 bits per heavy atom. The summed E-state index contributed by atoms with van der Waals surface area (Å²) < 4.78 is 0. The van der Waals surface area contributed by atoms with Crippen LogP contribution in [-0.2, 0) is 4.79 Å². The van der Waals surface area contributed by atoms with Gasteiger partial charge in [-0.15, -0.1) is 0 Å². The molecule has 0 heterocycles. The standard InChI is InChI=1S/C3H7NO.Sn.2H/c1-4(2)3-5;;;/h3H,1-2H3;;;. The van der Waals surface area contributed by atoms with E-state index >= 15 is 0 Å². The first-order chi connectivity index (χ1) is 2.27. The molecule has 0 saturated heterocycles. The quantitative estimate of drug-likeness (QED) is 0.378. The molecule has 0 spiro atoms. The SMILES string of the molecule is CN(C)C=O.[SnH2]. The van der Waals surface area contributed by atoms with Crippen molar-refractivity contribution in [3.05, 3.63) is 0 Å². The second kappa shape index (κ2) is 5.27. The molecule has 0 bridgehead atoms. The van der Waals surface area contributed by atoms with E-state index in [0.717, 1.165) is 6.41 Å². The van der Waals surface area contributed by atoms with Gasteiger partial charge in [0.15, 0.2) is 0 Å². The van der Waals surface area contributed by atoms with Crippen LogP contribution in [0.2, 0.25) is 0 Å². The zero-order valence-corrected chi connectivity index (χ0v) is 8.18. The molecule has 1 amide bonds. The van der Waals surface area contributed by atoms with E-state index in [9.17, 15) is 4.79 Å². The monoisotopic (exact) mass is 195 g/mol. The van der Waals surface area contributed by atoms with Gasteiger partial charge in [0.2, 0.25) is 6.41 Å². The van der Waals surface area contributed by atoms with Gasteiger partial charge in [-0.1, -0.05) is 0 Å². The average Bonchev–Trinajstić information content (AvgIpc) is 1.38. The van der Waals surface area contributed by atoms with Gasteiger partial charge in [-0.3, -0.25) is 4.79 Å². The van der Waals surface area contributed by atoms with Crippen LogP contribution in [0.1, 0.15) is 0 Å². The van der Waals surface area contributed by atoms with Crippen molar-refractivity contribution in [1.29, 1.82) is 0 Å². The molecule has 0 N–H and O–H groups in total. The summed E-state index contributed by atoms with van der Waals surface area (Å²) in [7, 11) is 3.38. The molecule has 0 fully saturated rings. The van der Waals surface area contributed by atoms with Crippen molar-refractivity contribution in [1.82, 2.24) is 4.90 Å². The van der Waals surface area contributed by atoms with E-state index in [2.05, 4.69) is 0 Å². The van der Waals surface area contributed by atoms with Crippen LogP contribution in [0, 0.1) is 0 Å². The van der Waals surface area contributed by atoms with Crippen molar-refractivity contribution in [2.24, 2.45) is 0 Å². The minimum atomic E-state index is 0. The number of nitrogens with zero attached hydrogens (tertiary/aromatic N) is 1. The fourth-order valence-corrected chi connectivity index (χ4v) is 0. The Morgan fingerprint density at radius 3 is 1.67 bits per heavy atom. The van der Waals surface area contributed by atoms with Crippen molar-refractivity contribution < 1.29 is 4.79 Å². The average molecular weight is 194 g/mol.